The number of anilines is 1. The highest BCUT2D eigenvalue weighted by Crippen LogP contribution is 2.30. The van der Waals surface area contributed by atoms with Crippen molar-refractivity contribution < 1.29 is 5.11 Å². The molecule has 0 aliphatic heterocycles. The largest absolute Gasteiger partial charge is 0.396 e. The Kier molecular flexibility index (Phi) is 4.39. The quantitative estimate of drug-likeness (QED) is 0.902. The Labute approximate surface area is 124 Å². The van der Waals surface area contributed by atoms with E-state index in [0.717, 1.165) is 10.9 Å². The van der Waals surface area contributed by atoms with Crippen molar-refractivity contribution in [2.45, 2.75) is 33.2 Å². The Morgan fingerprint density at radius 1 is 1.29 bits per heavy atom. The molecular formula is C16H20N4O. The van der Waals surface area contributed by atoms with Crippen LogP contribution in [0.25, 0.3) is 10.9 Å². The minimum atomic E-state index is -0.0557. The third-order valence-corrected chi connectivity index (χ3v) is 3.56. The van der Waals surface area contributed by atoms with Gasteiger partial charge in [-0.15, -0.1) is 10.2 Å². The molecule has 2 N–H and O–H groups in total. The van der Waals surface area contributed by atoms with Gasteiger partial charge >= 0.3 is 0 Å². The zero-order valence-corrected chi connectivity index (χ0v) is 12.6. The second-order valence-corrected chi connectivity index (χ2v) is 6.13. The predicted molar refractivity (Wildman–Crippen MR) is 82.8 cm³/mol. The maximum atomic E-state index is 9.28. The molecule has 0 bridgehead atoms. The van der Waals surface area contributed by atoms with Gasteiger partial charge in [0.2, 0.25) is 0 Å². The van der Waals surface area contributed by atoms with Crippen LogP contribution in [0.2, 0.25) is 0 Å². The fraction of sp³-hybridized carbons (Fsp3) is 0.438. The zero-order chi connectivity index (χ0) is 15.5. The van der Waals surface area contributed by atoms with Crippen molar-refractivity contribution in [3.63, 3.8) is 0 Å². The van der Waals surface area contributed by atoms with E-state index >= 15 is 0 Å². The summed E-state index contributed by atoms with van der Waals surface area (Å²) in [7, 11) is 0. The highest BCUT2D eigenvalue weighted by atomic mass is 16.3. The third-order valence-electron chi connectivity index (χ3n) is 3.56. The van der Waals surface area contributed by atoms with Gasteiger partial charge in [0.15, 0.2) is 5.69 Å². The number of hydrogen-bond donors (Lipinski definition) is 2. The number of aliphatic hydroxyl groups excluding tert-OH is 1. The summed E-state index contributed by atoms with van der Waals surface area (Å²) in [5.41, 5.74) is 1.66. The maximum Gasteiger partial charge on any atom is 0.186 e. The van der Waals surface area contributed by atoms with Crippen molar-refractivity contribution in [2.24, 2.45) is 5.41 Å². The molecule has 0 saturated carbocycles. The first-order valence-electron chi connectivity index (χ1n) is 7.00. The van der Waals surface area contributed by atoms with Gasteiger partial charge in [0.25, 0.3) is 0 Å². The Hall–Kier alpha value is -2.19. The molecule has 0 spiro atoms. The summed E-state index contributed by atoms with van der Waals surface area (Å²) in [6.45, 7) is 6.39. The number of rotatable bonds is 4. The van der Waals surface area contributed by atoms with Crippen LogP contribution in [0.3, 0.4) is 0 Å². The molecule has 2 aromatic rings. The lowest BCUT2D eigenvalue weighted by molar-refractivity contribution is 0.235. The average molecular weight is 284 g/mol. The highest BCUT2D eigenvalue weighted by Gasteiger charge is 2.25. The Balaban J connectivity index is 2.51. The molecule has 21 heavy (non-hydrogen) atoms. The van der Waals surface area contributed by atoms with Crippen LogP contribution in [0.1, 0.15) is 32.9 Å². The van der Waals surface area contributed by atoms with Gasteiger partial charge in [0.05, 0.1) is 11.2 Å². The standard InChI is InChI=1S/C16H20N4O/c1-16(2,3)14(8-9-21)18-15-11-6-4-5-7-12(11)19-20-13(15)10-17/h4-7,14,21H,8-9H2,1-3H3,(H,18,19). The molecule has 0 radical (unpaired) electrons. The first kappa shape index (κ1) is 15.2. The summed E-state index contributed by atoms with van der Waals surface area (Å²) in [4.78, 5) is 0. The van der Waals surface area contributed by atoms with Crippen LogP contribution < -0.4 is 5.32 Å². The number of nitrogens with one attached hydrogen (secondary N) is 1. The first-order valence-corrected chi connectivity index (χ1v) is 7.00. The summed E-state index contributed by atoms with van der Waals surface area (Å²) in [6, 6.07) is 9.71. The van der Waals surface area contributed by atoms with Gasteiger partial charge in [-0.3, -0.25) is 0 Å². The number of fused-ring (bicyclic) bond motifs is 1. The van der Waals surface area contributed by atoms with E-state index in [0.29, 0.717) is 12.1 Å². The van der Waals surface area contributed by atoms with Gasteiger partial charge in [-0.25, -0.2) is 0 Å². The predicted octanol–water partition coefficient (Wildman–Crippen LogP) is 2.71. The summed E-state index contributed by atoms with van der Waals surface area (Å²) >= 11 is 0. The fourth-order valence-electron chi connectivity index (χ4n) is 2.30. The van der Waals surface area contributed by atoms with Gasteiger partial charge < -0.3 is 10.4 Å². The number of nitrogens with zero attached hydrogens (tertiary/aromatic N) is 3. The average Bonchev–Trinajstić information content (AvgIpc) is 2.46. The van der Waals surface area contributed by atoms with Crippen LogP contribution in [0, 0.1) is 16.7 Å². The second-order valence-electron chi connectivity index (χ2n) is 6.13. The minimum absolute atomic E-state index is 0.0298. The topological polar surface area (TPSA) is 81.8 Å². The number of nitriles is 1. The van der Waals surface area contributed by atoms with Crippen molar-refractivity contribution in [3.05, 3.63) is 30.0 Å². The van der Waals surface area contributed by atoms with E-state index in [1.54, 1.807) is 0 Å². The lowest BCUT2D eigenvalue weighted by atomic mass is 9.84. The van der Waals surface area contributed by atoms with Crippen molar-refractivity contribution in [1.82, 2.24) is 10.2 Å². The maximum absolute atomic E-state index is 9.28. The molecule has 1 unspecified atom stereocenters. The molecule has 1 aromatic carbocycles. The molecule has 0 aliphatic carbocycles. The van der Waals surface area contributed by atoms with Crippen LogP contribution in [0.15, 0.2) is 24.3 Å². The minimum Gasteiger partial charge on any atom is -0.396 e. The summed E-state index contributed by atoms with van der Waals surface area (Å²) in [5, 5.41) is 30.9. The second kappa shape index (κ2) is 6.06. The van der Waals surface area contributed by atoms with E-state index in [2.05, 4.69) is 42.4 Å². The van der Waals surface area contributed by atoms with Crippen molar-refractivity contribution in [3.8, 4) is 6.07 Å². The van der Waals surface area contributed by atoms with E-state index < -0.39 is 0 Å². The fourth-order valence-corrected chi connectivity index (χ4v) is 2.30. The van der Waals surface area contributed by atoms with Crippen LogP contribution >= 0.6 is 0 Å². The number of hydrogen-bond acceptors (Lipinski definition) is 5. The Bertz CT molecular complexity index is 670. The number of benzene rings is 1. The summed E-state index contributed by atoms with van der Waals surface area (Å²) < 4.78 is 0. The normalized spacial score (nSPS) is 12.9. The Morgan fingerprint density at radius 2 is 2.00 bits per heavy atom. The van der Waals surface area contributed by atoms with Crippen LogP contribution in [0.4, 0.5) is 5.69 Å². The molecule has 5 nitrogen and oxygen atoms in total. The van der Waals surface area contributed by atoms with Gasteiger partial charge in [-0.05, 0) is 17.9 Å². The van der Waals surface area contributed by atoms with Crippen molar-refractivity contribution in [2.75, 3.05) is 11.9 Å². The van der Waals surface area contributed by atoms with E-state index in [4.69, 9.17) is 0 Å². The zero-order valence-electron chi connectivity index (χ0n) is 12.6. The molecule has 0 amide bonds. The number of aromatic nitrogens is 2. The monoisotopic (exact) mass is 284 g/mol. The van der Waals surface area contributed by atoms with Crippen molar-refractivity contribution >= 4 is 16.6 Å². The van der Waals surface area contributed by atoms with Gasteiger partial charge in [-0.1, -0.05) is 39.0 Å². The molecule has 1 aromatic heterocycles. The van der Waals surface area contributed by atoms with E-state index in [1.807, 2.05) is 24.3 Å². The number of aliphatic hydroxyl groups is 1. The smallest absolute Gasteiger partial charge is 0.186 e. The first-order chi connectivity index (χ1) is 9.97. The molecule has 1 atom stereocenters. The molecule has 1 heterocycles. The molecular weight excluding hydrogens is 264 g/mol. The van der Waals surface area contributed by atoms with E-state index in [-0.39, 0.29) is 23.8 Å². The molecule has 0 fully saturated rings. The lowest BCUT2D eigenvalue weighted by Crippen LogP contribution is -2.35. The van der Waals surface area contributed by atoms with Gasteiger partial charge in [0.1, 0.15) is 6.07 Å². The van der Waals surface area contributed by atoms with E-state index in [9.17, 15) is 10.4 Å². The lowest BCUT2D eigenvalue weighted by Gasteiger charge is -2.32. The molecule has 0 saturated heterocycles. The van der Waals surface area contributed by atoms with E-state index in [1.165, 1.54) is 0 Å². The van der Waals surface area contributed by atoms with Crippen LogP contribution in [0.5, 0.6) is 0 Å². The summed E-state index contributed by atoms with van der Waals surface area (Å²) in [5.74, 6) is 0. The van der Waals surface area contributed by atoms with Crippen LogP contribution in [-0.2, 0) is 0 Å². The SMILES string of the molecule is CC(C)(C)C(CCO)Nc1c(C#N)nnc2ccccc12. The molecule has 2 rings (SSSR count). The van der Waals surface area contributed by atoms with Gasteiger partial charge in [0, 0.05) is 18.0 Å². The van der Waals surface area contributed by atoms with Gasteiger partial charge in [-0.2, -0.15) is 5.26 Å². The highest BCUT2D eigenvalue weighted by molar-refractivity contribution is 5.92. The van der Waals surface area contributed by atoms with Crippen LogP contribution in [-0.4, -0.2) is 28.0 Å². The summed E-state index contributed by atoms with van der Waals surface area (Å²) in [6.07, 6.45) is 0.602. The molecule has 110 valence electrons. The Morgan fingerprint density at radius 3 is 2.62 bits per heavy atom. The third kappa shape index (κ3) is 3.29. The van der Waals surface area contributed by atoms with Crippen molar-refractivity contribution in [1.29, 1.82) is 5.26 Å². The molecule has 5 heteroatoms. The molecule has 0 aliphatic rings.